The van der Waals surface area contributed by atoms with Crippen molar-refractivity contribution in [1.82, 2.24) is 4.90 Å². The van der Waals surface area contributed by atoms with Gasteiger partial charge < -0.3 is 18.9 Å². The normalized spacial score (nSPS) is 27.5. The van der Waals surface area contributed by atoms with Crippen LogP contribution in [0.25, 0.3) is 0 Å². The number of fused-ring (bicyclic) bond motifs is 2. The number of nitrogens with zero attached hydrogens (tertiary/aromatic N) is 1. The van der Waals surface area contributed by atoms with Crippen molar-refractivity contribution < 1.29 is 40.4 Å². The van der Waals surface area contributed by atoms with Crippen LogP contribution in [0.4, 0.5) is 18.0 Å². The third-order valence-corrected chi connectivity index (χ3v) is 6.51. The molecular weight excluding hydrogens is 415 g/mol. The first-order chi connectivity index (χ1) is 13.5. The summed E-state index contributed by atoms with van der Waals surface area (Å²) < 4.78 is 70.9. The summed E-state index contributed by atoms with van der Waals surface area (Å²) in [5.41, 5.74) is -5.78. The Labute approximate surface area is 166 Å². The molecule has 1 aromatic rings. The van der Waals surface area contributed by atoms with Crippen LogP contribution in [-0.2, 0) is 14.9 Å². The van der Waals surface area contributed by atoms with E-state index in [1.165, 1.54) is 17.0 Å². The molecule has 29 heavy (non-hydrogen) atoms. The van der Waals surface area contributed by atoms with Crippen LogP contribution in [-0.4, -0.2) is 55.3 Å². The first-order valence-corrected chi connectivity index (χ1v) is 10.6. The molecule has 1 aromatic carbocycles. The first kappa shape index (κ1) is 21.7. The maximum absolute atomic E-state index is 12.6. The number of alkyl halides is 3. The van der Waals surface area contributed by atoms with Crippen LogP contribution in [0.3, 0.4) is 0 Å². The molecule has 0 spiro atoms. The summed E-state index contributed by atoms with van der Waals surface area (Å²) in [4.78, 5) is 12.9. The van der Waals surface area contributed by atoms with Gasteiger partial charge >= 0.3 is 21.7 Å². The SMILES string of the molecule is CCOC12CCCC(CN(C(=O)O)C1)C2c1cccc(OS(=O)(=O)C(F)(F)F)c1. The van der Waals surface area contributed by atoms with Crippen molar-refractivity contribution in [2.24, 2.45) is 5.92 Å². The van der Waals surface area contributed by atoms with E-state index in [0.717, 1.165) is 18.9 Å². The smallest absolute Gasteiger partial charge is 0.465 e. The molecule has 1 saturated heterocycles. The van der Waals surface area contributed by atoms with Gasteiger partial charge in [0.1, 0.15) is 5.75 Å². The fraction of sp³-hybridized carbons (Fsp3) is 0.611. The Kier molecular flexibility index (Phi) is 5.74. The van der Waals surface area contributed by atoms with Crippen LogP contribution in [0, 0.1) is 5.92 Å². The van der Waals surface area contributed by atoms with Gasteiger partial charge in [0.2, 0.25) is 0 Å². The zero-order valence-corrected chi connectivity index (χ0v) is 16.5. The molecule has 162 valence electrons. The average molecular weight is 437 g/mol. The van der Waals surface area contributed by atoms with Gasteiger partial charge in [-0.3, -0.25) is 0 Å². The van der Waals surface area contributed by atoms with Gasteiger partial charge in [-0.2, -0.15) is 21.6 Å². The average Bonchev–Trinajstić information content (AvgIpc) is 2.59. The Bertz CT molecular complexity index is 871. The molecule has 3 unspecified atom stereocenters. The molecule has 1 saturated carbocycles. The van der Waals surface area contributed by atoms with E-state index in [9.17, 15) is 31.5 Å². The van der Waals surface area contributed by atoms with Gasteiger partial charge in [0, 0.05) is 19.1 Å². The van der Waals surface area contributed by atoms with Gasteiger partial charge in [-0.05, 0) is 43.4 Å². The second-order valence-electron chi connectivity index (χ2n) is 7.35. The summed E-state index contributed by atoms with van der Waals surface area (Å²) in [6.07, 6.45) is 1.12. The third-order valence-electron chi connectivity index (χ3n) is 5.54. The molecule has 1 aliphatic carbocycles. The summed E-state index contributed by atoms with van der Waals surface area (Å²) in [6.45, 7) is 2.56. The highest BCUT2D eigenvalue weighted by molar-refractivity contribution is 7.88. The molecule has 2 fully saturated rings. The van der Waals surface area contributed by atoms with E-state index in [1.54, 1.807) is 13.0 Å². The van der Waals surface area contributed by atoms with Gasteiger partial charge in [0.15, 0.2) is 0 Å². The molecule has 2 bridgehead atoms. The predicted molar refractivity (Wildman–Crippen MR) is 96.1 cm³/mol. The van der Waals surface area contributed by atoms with Crippen molar-refractivity contribution in [1.29, 1.82) is 0 Å². The van der Waals surface area contributed by atoms with Crippen LogP contribution in [0.15, 0.2) is 24.3 Å². The number of rotatable bonds is 5. The zero-order chi connectivity index (χ0) is 21.4. The molecule has 1 N–H and O–H groups in total. The van der Waals surface area contributed by atoms with Crippen LogP contribution in [0.2, 0.25) is 0 Å². The molecule has 0 aromatic heterocycles. The van der Waals surface area contributed by atoms with E-state index in [1.807, 2.05) is 0 Å². The number of carbonyl (C=O) groups is 1. The number of hydrogen-bond acceptors (Lipinski definition) is 5. The first-order valence-electron chi connectivity index (χ1n) is 9.21. The Balaban J connectivity index is 1.97. The molecule has 11 heteroatoms. The zero-order valence-electron chi connectivity index (χ0n) is 15.7. The largest absolute Gasteiger partial charge is 0.534 e. The molecule has 7 nitrogen and oxygen atoms in total. The van der Waals surface area contributed by atoms with Crippen molar-refractivity contribution in [3.63, 3.8) is 0 Å². The minimum Gasteiger partial charge on any atom is -0.465 e. The Hall–Kier alpha value is -2.01. The number of hydrogen-bond donors (Lipinski definition) is 1. The van der Waals surface area contributed by atoms with Gasteiger partial charge in [-0.25, -0.2) is 4.79 Å². The highest BCUT2D eigenvalue weighted by Gasteiger charge is 2.53. The second-order valence-corrected chi connectivity index (χ2v) is 8.88. The van der Waals surface area contributed by atoms with Crippen molar-refractivity contribution in [3.05, 3.63) is 29.8 Å². The lowest BCUT2D eigenvalue weighted by molar-refractivity contribution is -0.134. The van der Waals surface area contributed by atoms with E-state index >= 15 is 0 Å². The topological polar surface area (TPSA) is 93.1 Å². The maximum Gasteiger partial charge on any atom is 0.534 e. The fourth-order valence-electron chi connectivity index (χ4n) is 4.61. The summed E-state index contributed by atoms with van der Waals surface area (Å²) in [7, 11) is -5.78. The highest BCUT2D eigenvalue weighted by Crippen LogP contribution is 2.51. The summed E-state index contributed by atoms with van der Waals surface area (Å²) in [6, 6.07) is 5.52. The van der Waals surface area contributed by atoms with Crippen LogP contribution >= 0.6 is 0 Å². The molecular formula is C18H22F3NO6S. The van der Waals surface area contributed by atoms with Gasteiger partial charge in [-0.15, -0.1) is 0 Å². The minimum atomic E-state index is -5.78. The number of carboxylic acid groups (broad SMARTS) is 1. The lowest BCUT2D eigenvalue weighted by Gasteiger charge is -2.54. The van der Waals surface area contributed by atoms with Crippen molar-refractivity contribution >= 4 is 16.2 Å². The molecule has 3 atom stereocenters. The number of likely N-dealkylation sites (tertiary alicyclic amines) is 1. The second kappa shape index (κ2) is 7.67. The molecule has 1 aliphatic heterocycles. The predicted octanol–water partition coefficient (Wildman–Crippen LogP) is 3.57. The molecule has 1 heterocycles. The quantitative estimate of drug-likeness (QED) is 0.559. The van der Waals surface area contributed by atoms with E-state index in [2.05, 4.69) is 4.18 Å². The van der Waals surface area contributed by atoms with Crippen LogP contribution in [0.1, 0.15) is 37.7 Å². The van der Waals surface area contributed by atoms with Crippen molar-refractivity contribution in [2.75, 3.05) is 19.7 Å². The van der Waals surface area contributed by atoms with E-state index in [-0.39, 0.29) is 24.9 Å². The number of benzene rings is 1. The van der Waals surface area contributed by atoms with Crippen LogP contribution in [0.5, 0.6) is 5.75 Å². The Morgan fingerprint density at radius 3 is 2.72 bits per heavy atom. The van der Waals surface area contributed by atoms with E-state index in [4.69, 9.17) is 4.74 Å². The van der Waals surface area contributed by atoms with Crippen molar-refractivity contribution in [3.8, 4) is 5.75 Å². The van der Waals surface area contributed by atoms with Gasteiger partial charge in [-0.1, -0.05) is 18.6 Å². The number of ether oxygens (including phenoxy) is 1. The summed E-state index contributed by atoms with van der Waals surface area (Å²) >= 11 is 0. The standard InChI is InChI=1S/C18H22F3NO6S/c1-2-27-17-8-4-6-13(10-22(11-17)16(23)24)15(17)12-5-3-7-14(9-12)28-29(25,26)18(19,20)21/h3,5,7,9,13,15H,2,4,6,8,10-11H2,1H3,(H,23,24). The van der Waals surface area contributed by atoms with Crippen molar-refractivity contribution in [2.45, 2.75) is 43.2 Å². The third kappa shape index (κ3) is 4.16. The minimum absolute atomic E-state index is 0.102. The van der Waals surface area contributed by atoms with Gasteiger partial charge in [0.05, 0.1) is 12.1 Å². The van der Waals surface area contributed by atoms with E-state index in [0.29, 0.717) is 18.6 Å². The molecule has 0 radical (unpaired) electrons. The lowest BCUT2D eigenvalue weighted by Crippen LogP contribution is -2.61. The highest BCUT2D eigenvalue weighted by atomic mass is 32.2. The Morgan fingerprint density at radius 1 is 1.38 bits per heavy atom. The van der Waals surface area contributed by atoms with Gasteiger partial charge in [0.25, 0.3) is 0 Å². The summed E-state index contributed by atoms with van der Waals surface area (Å²) in [5, 5.41) is 9.46. The fourth-order valence-corrected chi connectivity index (χ4v) is 5.06. The lowest BCUT2D eigenvalue weighted by atomic mass is 9.63. The number of amides is 1. The molecule has 3 rings (SSSR count). The maximum atomic E-state index is 12.6. The monoisotopic (exact) mass is 437 g/mol. The van der Waals surface area contributed by atoms with E-state index < -0.39 is 33.1 Å². The summed E-state index contributed by atoms with van der Waals surface area (Å²) in [5.74, 6) is -0.830. The molecule has 2 aliphatic rings. The number of piperidine rings is 1. The van der Waals surface area contributed by atoms with Crippen LogP contribution < -0.4 is 4.18 Å². The molecule has 1 amide bonds. The Morgan fingerprint density at radius 2 is 2.10 bits per heavy atom. The number of halogens is 3.